The molecule has 0 saturated carbocycles. The Kier molecular flexibility index (Phi) is 10.7. The maximum absolute atomic E-state index is 4.13. The fourth-order valence-corrected chi connectivity index (χ4v) is 0.952. The molecule has 0 bridgehead atoms. The number of benzene rings is 1. The molecular formula is C12H15NY-2. The normalized spacial score (nSPS) is 7.57. The Morgan fingerprint density at radius 1 is 1.14 bits per heavy atom. The predicted molar refractivity (Wildman–Crippen MR) is 58.3 cm³/mol. The smallest absolute Gasteiger partial charge is 0.0239 e. The van der Waals surface area contributed by atoms with Gasteiger partial charge >= 0.3 is 0 Å². The van der Waals surface area contributed by atoms with Crippen LogP contribution < -0.4 is 0 Å². The molecule has 0 N–H and O–H groups in total. The molecular weight excluding hydrogens is 247 g/mol. The summed E-state index contributed by atoms with van der Waals surface area (Å²) in [6.45, 7) is 4.00. The van der Waals surface area contributed by atoms with Crippen LogP contribution in [0.15, 0.2) is 36.5 Å². The summed E-state index contributed by atoms with van der Waals surface area (Å²) < 4.78 is 0. The molecule has 1 aromatic heterocycles. The van der Waals surface area contributed by atoms with Crippen molar-refractivity contribution < 1.29 is 32.7 Å². The number of hydrogen-bond acceptors (Lipinski definition) is 1. The molecule has 73 valence electrons. The molecule has 2 heteroatoms. The van der Waals surface area contributed by atoms with Gasteiger partial charge in [-0.1, -0.05) is 19.9 Å². The van der Waals surface area contributed by atoms with Gasteiger partial charge in [0.25, 0.3) is 0 Å². The van der Waals surface area contributed by atoms with E-state index in [-0.39, 0.29) is 40.1 Å². The molecule has 1 nitrogen and oxygen atoms in total. The topological polar surface area (TPSA) is 12.9 Å². The van der Waals surface area contributed by atoms with E-state index >= 15 is 0 Å². The number of fused-ring (bicyclic) bond motifs is 1. The van der Waals surface area contributed by atoms with Crippen LogP contribution in [-0.4, -0.2) is 4.98 Å². The molecule has 1 aromatic carbocycles. The van der Waals surface area contributed by atoms with Crippen molar-refractivity contribution in [3.8, 4) is 0 Å². The third kappa shape index (κ3) is 4.30. The van der Waals surface area contributed by atoms with E-state index < -0.39 is 0 Å². The van der Waals surface area contributed by atoms with E-state index in [2.05, 4.69) is 11.1 Å². The van der Waals surface area contributed by atoms with Crippen molar-refractivity contribution in [2.75, 3.05) is 0 Å². The monoisotopic (exact) mass is 262 g/mol. The number of pyridine rings is 1. The number of para-hydroxylation sites is 1. The van der Waals surface area contributed by atoms with E-state index in [1.165, 1.54) is 0 Å². The third-order valence-corrected chi connectivity index (χ3v) is 1.43. The summed E-state index contributed by atoms with van der Waals surface area (Å²) in [7, 11) is 0. The van der Waals surface area contributed by atoms with Crippen LogP contribution in [0.2, 0.25) is 0 Å². The van der Waals surface area contributed by atoms with Gasteiger partial charge in [0, 0.05) is 38.9 Å². The molecule has 2 rings (SSSR count). The van der Waals surface area contributed by atoms with Crippen molar-refractivity contribution >= 4 is 10.9 Å². The van der Waals surface area contributed by atoms with Gasteiger partial charge in [0.1, 0.15) is 0 Å². The number of aromatic nitrogens is 1. The summed E-state index contributed by atoms with van der Waals surface area (Å²) in [4.78, 5) is 4.13. The molecule has 2 aromatic rings. The zero-order chi connectivity index (χ0) is 8.81. The van der Waals surface area contributed by atoms with Crippen molar-refractivity contribution in [3.63, 3.8) is 0 Å². The zero-order valence-corrected chi connectivity index (χ0v) is 11.8. The van der Waals surface area contributed by atoms with Crippen LogP contribution in [-0.2, 0) is 32.7 Å². The van der Waals surface area contributed by atoms with Gasteiger partial charge in [0.2, 0.25) is 0 Å². The molecule has 0 aliphatic rings. The van der Waals surface area contributed by atoms with E-state index in [1.807, 2.05) is 44.2 Å². The van der Waals surface area contributed by atoms with Crippen LogP contribution in [0.4, 0.5) is 0 Å². The summed E-state index contributed by atoms with van der Waals surface area (Å²) in [5.74, 6) is 0. The fraction of sp³-hybridized carbons (Fsp3) is 0.167. The third-order valence-electron chi connectivity index (χ3n) is 1.43. The average molecular weight is 262 g/mol. The number of hydrogen-bond donors (Lipinski definition) is 0. The molecule has 0 atom stereocenters. The summed E-state index contributed by atoms with van der Waals surface area (Å²) in [6.07, 6.45) is 1.78. The Hall–Kier alpha value is -0.266. The molecule has 0 fully saturated rings. The first-order valence-corrected chi connectivity index (χ1v) is 4.18. The van der Waals surface area contributed by atoms with Gasteiger partial charge in [-0.05, 0) is 5.52 Å². The molecule has 1 heterocycles. The minimum atomic E-state index is 0. The van der Waals surface area contributed by atoms with E-state index in [9.17, 15) is 0 Å². The van der Waals surface area contributed by atoms with Crippen molar-refractivity contribution in [1.82, 2.24) is 4.98 Å². The number of rotatable bonds is 0. The molecule has 0 unspecified atom stereocenters. The van der Waals surface area contributed by atoms with Gasteiger partial charge in [-0.25, -0.2) is 0 Å². The van der Waals surface area contributed by atoms with Gasteiger partial charge in [-0.2, -0.15) is 24.3 Å². The van der Waals surface area contributed by atoms with Crippen molar-refractivity contribution in [3.05, 3.63) is 50.0 Å². The van der Waals surface area contributed by atoms with Crippen LogP contribution in [0.5, 0.6) is 0 Å². The molecule has 0 amide bonds. The van der Waals surface area contributed by atoms with E-state index in [0.29, 0.717) is 0 Å². The Morgan fingerprint density at radius 2 is 1.79 bits per heavy atom. The second-order valence-corrected chi connectivity index (χ2v) is 2.11. The Morgan fingerprint density at radius 3 is 2.43 bits per heavy atom. The van der Waals surface area contributed by atoms with Crippen molar-refractivity contribution in [2.24, 2.45) is 0 Å². The Labute approximate surface area is 112 Å². The minimum absolute atomic E-state index is 0. The van der Waals surface area contributed by atoms with Crippen LogP contribution in [0.3, 0.4) is 0 Å². The predicted octanol–water partition coefficient (Wildman–Crippen LogP) is 3.51. The molecule has 1 radical (unpaired) electrons. The van der Waals surface area contributed by atoms with E-state index in [1.54, 1.807) is 6.20 Å². The largest absolute Gasteiger partial charge is 0.358 e. The summed E-state index contributed by atoms with van der Waals surface area (Å²) in [5, 5.41) is 1.14. The van der Waals surface area contributed by atoms with Crippen LogP contribution >= 0.6 is 0 Å². The maximum atomic E-state index is 4.13. The number of nitrogens with zero attached hydrogens (tertiary/aromatic N) is 1. The van der Waals surface area contributed by atoms with Crippen LogP contribution in [0.25, 0.3) is 10.9 Å². The summed E-state index contributed by atoms with van der Waals surface area (Å²) in [6, 6.07) is 12.9. The van der Waals surface area contributed by atoms with Gasteiger partial charge in [-0.3, -0.25) is 4.98 Å². The molecule has 0 aliphatic carbocycles. The molecule has 0 saturated heterocycles. The summed E-state index contributed by atoms with van der Waals surface area (Å²) in [5.41, 5.74) is 0.935. The quantitative estimate of drug-likeness (QED) is 0.662. The van der Waals surface area contributed by atoms with E-state index in [4.69, 9.17) is 0 Å². The first-order chi connectivity index (χ1) is 5.97. The first-order valence-electron chi connectivity index (χ1n) is 4.18. The minimum Gasteiger partial charge on any atom is -0.358 e. The molecule has 14 heavy (non-hydrogen) atoms. The van der Waals surface area contributed by atoms with E-state index in [0.717, 1.165) is 10.9 Å². The average Bonchev–Trinajstić information content (AvgIpc) is 2.21. The second kappa shape index (κ2) is 9.30. The van der Waals surface area contributed by atoms with Gasteiger partial charge < -0.3 is 7.43 Å². The van der Waals surface area contributed by atoms with Gasteiger partial charge in [0.15, 0.2) is 0 Å². The maximum Gasteiger partial charge on any atom is 0.0239 e. The van der Waals surface area contributed by atoms with Gasteiger partial charge in [0.05, 0.1) is 0 Å². The van der Waals surface area contributed by atoms with Crippen LogP contribution in [0.1, 0.15) is 13.8 Å². The molecule has 0 aliphatic heterocycles. The molecule has 0 spiro atoms. The van der Waals surface area contributed by atoms with Gasteiger partial charge in [-0.15, -0.1) is 11.5 Å². The second-order valence-electron chi connectivity index (χ2n) is 2.11. The Bertz CT molecular complexity index is 281. The zero-order valence-electron chi connectivity index (χ0n) is 8.99. The first kappa shape index (κ1) is 16.2. The SMILES string of the molecule is CC.[CH3-].[Y].[c-]1cccc2cccnc12. The fourth-order valence-electron chi connectivity index (χ4n) is 0.952. The Balaban J connectivity index is 0. The van der Waals surface area contributed by atoms with Crippen LogP contribution in [0, 0.1) is 13.5 Å². The van der Waals surface area contributed by atoms with Crippen molar-refractivity contribution in [1.29, 1.82) is 0 Å². The summed E-state index contributed by atoms with van der Waals surface area (Å²) >= 11 is 0. The standard InChI is InChI=1S/C9H6N.C2H6.CH3.Y/c1-2-6-9-8(4-1)5-3-7-10-9;1-2;;/h1-5,7H;1-2H3;1H3;/q-1;;-1;. The van der Waals surface area contributed by atoms with Crippen molar-refractivity contribution in [2.45, 2.75) is 13.8 Å².